The van der Waals surface area contributed by atoms with Crippen molar-refractivity contribution in [3.05, 3.63) is 144 Å². The van der Waals surface area contributed by atoms with Gasteiger partial charge in [0.25, 0.3) is 0 Å². The van der Waals surface area contributed by atoms with Gasteiger partial charge >= 0.3 is 0 Å². The van der Waals surface area contributed by atoms with E-state index in [1.54, 1.807) is 0 Å². The van der Waals surface area contributed by atoms with Crippen molar-refractivity contribution in [2.24, 2.45) is 5.84 Å². The Morgan fingerprint density at radius 1 is 0.500 bits per heavy atom. The average Bonchev–Trinajstić information content (AvgIpc) is 2.82. The number of rotatable bonds is 7. The third kappa shape index (κ3) is 5.23. The Balaban J connectivity index is 0.00000181. The van der Waals surface area contributed by atoms with Gasteiger partial charge in [0.1, 0.15) is 0 Å². The third-order valence-corrected chi connectivity index (χ3v) is 6.04. The van der Waals surface area contributed by atoms with Gasteiger partial charge in [0, 0.05) is 11.8 Å². The second kappa shape index (κ2) is 11.8. The molecule has 2 nitrogen and oxygen atoms in total. The highest BCUT2D eigenvalue weighted by atomic mass is 35.5. The second-order valence-electron chi connectivity index (χ2n) is 7.94. The van der Waals surface area contributed by atoms with Crippen LogP contribution in [0.2, 0.25) is 0 Å². The van der Waals surface area contributed by atoms with Crippen LogP contribution in [0.1, 0.15) is 41.0 Å². The molecule has 0 fully saturated rings. The number of hydrazine groups is 1. The molecule has 0 atom stereocenters. The monoisotopic (exact) mass is 464 g/mol. The van der Waals surface area contributed by atoms with Crippen LogP contribution in [-0.4, -0.2) is 5.54 Å². The smallest absolute Gasteiger partial charge is 0.0510 e. The maximum atomic E-state index is 6.41. The normalized spacial score (nSPS) is 11.0. The number of benzene rings is 4. The van der Waals surface area contributed by atoms with Gasteiger partial charge in [-0.25, -0.2) is 0 Å². The van der Waals surface area contributed by atoms with Crippen LogP contribution >= 0.6 is 24.8 Å². The van der Waals surface area contributed by atoms with Gasteiger partial charge < -0.3 is 0 Å². The highest BCUT2D eigenvalue weighted by Crippen LogP contribution is 2.46. The minimum atomic E-state index is -0.481. The van der Waals surface area contributed by atoms with Crippen molar-refractivity contribution < 1.29 is 0 Å². The molecule has 0 aliphatic rings. The highest BCUT2D eigenvalue weighted by Gasteiger charge is 2.43. The molecule has 0 aromatic heterocycles. The Hall–Kier alpha value is -2.62. The zero-order chi connectivity index (χ0) is 20.8. The van der Waals surface area contributed by atoms with Gasteiger partial charge in [-0.05, 0) is 29.2 Å². The largest absolute Gasteiger partial charge is 0.271 e. The summed E-state index contributed by atoms with van der Waals surface area (Å²) >= 11 is 0. The zero-order valence-electron chi connectivity index (χ0n) is 18.1. The fraction of sp³-hybridized carbons (Fsp3) is 0.143. The van der Waals surface area contributed by atoms with E-state index in [1.807, 2.05) is 0 Å². The SMILES string of the molecule is CC(NN)(C(c1ccccc1)c1ccccc1)C(c1ccccc1)c1ccccc1.Cl.Cl. The first kappa shape index (κ1) is 25.6. The molecule has 4 aromatic rings. The van der Waals surface area contributed by atoms with Crippen molar-refractivity contribution in [1.29, 1.82) is 0 Å². The second-order valence-corrected chi connectivity index (χ2v) is 7.94. The maximum Gasteiger partial charge on any atom is 0.0510 e. The lowest BCUT2D eigenvalue weighted by molar-refractivity contribution is 0.286. The van der Waals surface area contributed by atoms with Crippen LogP contribution in [0, 0.1) is 0 Å². The van der Waals surface area contributed by atoms with E-state index in [2.05, 4.69) is 134 Å². The molecule has 32 heavy (non-hydrogen) atoms. The molecule has 166 valence electrons. The fourth-order valence-corrected chi connectivity index (χ4v) is 4.69. The zero-order valence-corrected chi connectivity index (χ0v) is 19.7. The molecule has 0 spiro atoms. The van der Waals surface area contributed by atoms with Crippen molar-refractivity contribution in [2.75, 3.05) is 0 Å². The summed E-state index contributed by atoms with van der Waals surface area (Å²) in [6, 6.07) is 42.6. The predicted octanol–water partition coefficient (Wildman–Crippen LogP) is 6.72. The lowest BCUT2D eigenvalue weighted by Gasteiger charge is -2.44. The third-order valence-electron chi connectivity index (χ3n) is 6.04. The van der Waals surface area contributed by atoms with Crippen LogP contribution in [-0.2, 0) is 0 Å². The van der Waals surface area contributed by atoms with Gasteiger partial charge in [0.05, 0.1) is 5.54 Å². The highest BCUT2D eigenvalue weighted by molar-refractivity contribution is 5.85. The predicted molar refractivity (Wildman–Crippen MR) is 140 cm³/mol. The van der Waals surface area contributed by atoms with Gasteiger partial charge in [-0.3, -0.25) is 11.3 Å². The minimum absolute atomic E-state index is 0. The number of nitrogens with one attached hydrogen (secondary N) is 1. The van der Waals surface area contributed by atoms with E-state index in [0.717, 1.165) is 0 Å². The van der Waals surface area contributed by atoms with Crippen LogP contribution in [0.4, 0.5) is 0 Å². The van der Waals surface area contributed by atoms with Gasteiger partial charge in [-0.15, -0.1) is 24.8 Å². The standard InChI is InChI=1S/C28H28N2.2ClH/c1-28(30-29,26(22-14-6-2-7-15-22)23-16-8-3-9-17-23)27(24-18-10-4-11-19-24)25-20-12-5-13-21-25;;/h2-21,26-27,30H,29H2,1H3;2*1H. The van der Waals surface area contributed by atoms with Crippen molar-refractivity contribution in [2.45, 2.75) is 24.3 Å². The summed E-state index contributed by atoms with van der Waals surface area (Å²) < 4.78 is 0. The summed E-state index contributed by atoms with van der Waals surface area (Å²) in [4.78, 5) is 0. The lowest BCUT2D eigenvalue weighted by atomic mass is 9.65. The topological polar surface area (TPSA) is 38.0 Å². The Kier molecular flexibility index (Phi) is 9.49. The molecule has 0 saturated carbocycles. The summed E-state index contributed by atoms with van der Waals surface area (Å²) in [5.41, 5.74) is 7.74. The molecular formula is C28H30Cl2N2. The molecule has 0 aliphatic heterocycles. The summed E-state index contributed by atoms with van der Waals surface area (Å²) in [6.07, 6.45) is 0. The van der Waals surface area contributed by atoms with E-state index in [0.29, 0.717) is 0 Å². The summed E-state index contributed by atoms with van der Waals surface area (Å²) in [5.74, 6) is 6.51. The molecule has 4 rings (SSSR count). The van der Waals surface area contributed by atoms with Gasteiger partial charge in [-0.1, -0.05) is 121 Å². The van der Waals surface area contributed by atoms with Crippen LogP contribution < -0.4 is 11.3 Å². The van der Waals surface area contributed by atoms with Crippen LogP contribution in [0.5, 0.6) is 0 Å². The number of hydrogen-bond donors (Lipinski definition) is 2. The van der Waals surface area contributed by atoms with Crippen molar-refractivity contribution in [3.63, 3.8) is 0 Å². The molecule has 0 heterocycles. The molecule has 0 radical (unpaired) electrons. The summed E-state index contributed by atoms with van der Waals surface area (Å²) in [5, 5.41) is 0. The number of nitrogens with two attached hydrogens (primary N) is 1. The number of halogens is 2. The molecule has 3 N–H and O–H groups in total. The molecule has 0 bridgehead atoms. The Labute approximate surface area is 203 Å². The van der Waals surface area contributed by atoms with Crippen LogP contribution in [0.15, 0.2) is 121 Å². The van der Waals surface area contributed by atoms with Gasteiger partial charge in [0.15, 0.2) is 0 Å². The molecule has 0 saturated heterocycles. The molecule has 0 unspecified atom stereocenters. The first-order chi connectivity index (χ1) is 14.7. The Bertz CT molecular complexity index is 880. The van der Waals surface area contributed by atoms with Crippen molar-refractivity contribution >= 4 is 24.8 Å². The van der Waals surface area contributed by atoms with E-state index in [9.17, 15) is 0 Å². The van der Waals surface area contributed by atoms with Crippen molar-refractivity contribution in [3.8, 4) is 0 Å². The van der Waals surface area contributed by atoms with E-state index < -0.39 is 5.54 Å². The number of hydrogen-bond acceptors (Lipinski definition) is 2. The summed E-state index contributed by atoms with van der Waals surface area (Å²) in [7, 11) is 0. The first-order valence-electron chi connectivity index (χ1n) is 10.4. The van der Waals surface area contributed by atoms with Crippen LogP contribution in [0.25, 0.3) is 0 Å². The van der Waals surface area contributed by atoms with Crippen LogP contribution in [0.3, 0.4) is 0 Å². The molecular weight excluding hydrogens is 435 g/mol. The molecule has 4 aromatic carbocycles. The van der Waals surface area contributed by atoms with E-state index in [-0.39, 0.29) is 36.6 Å². The summed E-state index contributed by atoms with van der Waals surface area (Å²) in [6.45, 7) is 2.24. The van der Waals surface area contributed by atoms with Gasteiger partial charge in [-0.2, -0.15) is 0 Å². The van der Waals surface area contributed by atoms with E-state index >= 15 is 0 Å². The molecule has 0 amide bonds. The Morgan fingerprint density at radius 3 is 0.906 bits per heavy atom. The molecule has 0 aliphatic carbocycles. The lowest BCUT2D eigenvalue weighted by Crippen LogP contribution is -2.56. The maximum absolute atomic E-state index is 6.41. The average molecular weight is 465 g/mol. The van der Waals surface area contributed by atoms with E-state index in [4.69, 9.17) is 5.84 Å². The van der Waals surface area contributed by atoms with E-state index in [1.165, 1.54) is 22.3 Å². The molecule has 4 heteroatoms. The van der Waals surface area contributed by atoms with Gasteiger partial charge in [0.2, 0.25) is 0 Å². The fourth-order valence-electron chi connectivity index (χ4n) is 4.69. The quantitative estimate of drug-likeness (QED) is 0.235. The Morgan fingerprint density at radius 2 is 0.719 bits per heavy atom. The van der Waals surface area contributed by atoms with Crippen molar-refractivity contribution in [1.82, 2.24) is 5.43 Å². The minimum Gasteiger partial charge on any atom is -0.271 e. The first-order valence-corrected chi connectivity index (χ1v) is 10.4.